The highest BCUT2D eigenvalue weighted by molar-refractivity contribution is 5.99. The Bertz CT molecular complexity index is 1710. The van der Waals surface area contributed by atoms with E-state index in [1.165, 1.54) is 0 Å². The third-order valence-corrected chi connectivity index (χ3v) is 11.2. The Kier molecular flexibility index (Phi) is 9.77. The van der Waals surface area contributed by atoms with E-state index in [1.807, 2.05) is 75.4 Å². The molecule has 260 valence electrons. The number of fused-ring (bicyclic) bond motifs is 2. The Labute approximate surface area is 288 Å². The molecule has 7 atom stereocenters. The van der Waals surface area contributed by atoms with E-state index >= 15 is 9.59 Å². The maximum Gasteiger partial charge on any atom is 0.250 e. The minimum atomic E-state index is -1.25. The van der Waals surface area contributed by atoms with Crippen molar-refractivity contribution in [2.45, 2.75) is 83.0 Å². The summed E-state index contributed by atoms with van der Waals surface area (Å²) in [4.78, 5) is 49.9. The van der Waals surface area contributed by atoms with Gasteiger partial charge in [-0.2, -0.15) is 0 Å². The second-order valence-electron chi connectivity index (χ2n) is 13.8. The number of likely N-dealkylation sites (tertiary alicyclic amines) is 1. The highest BCUT2D eigenvalue weighted by Crippen LogP contribution is 2.65. The number of rotatable bonds is 15. The molecule has 3 aromatic rings. The van der Waals surface area contributed by atoms with Gasteiger partial charge in [-0.05, 0) is 42.9 Å². The zero-order valence-corrected chi connectivity index (χ0v) is 28.8. The van der Waals surface area contributed by atoms with E-state index in [4.69, 9.17) is 4.74 Å². The third-order valence-electron chi connectivity index (χ3n) is 11.2. The molecule has 3 aliphatic rings. The van der Waals surface area contributed by atoms with Gasteiger partial charge in [-0.15, -0.1) is 18.3 Å². The summed E-state index contributed by atoms with van der Waals surface area (Å²) in [6, 6.07) is 15.6. The van der Waals surface area contributed by atoms with Gasteiger partial charge in [0.25, 0.3) is 0 Å². The van der Waals surface area contributed by atoms with Gasteiger partial charge < -0.3 is 24.5 Å². The lowest BCUT2D eigenvalue weighted by atomic mass is 9.64. The van der Waals surface area contributed by atoms with Crippen LogP contribution in [0.3, 0.4) is 0 Å². The molecule has 0 aliphatic carbocycles. The van der Waals surface area contributed by atoms with Crippen molar-refractivity contribution in [3.63, 3.8) is 0 Å². The van der Waals surface area contributed by atoms with E-state index in [1.54, 1.807) is 31.5 Å². The van der Waals surface area contributed by atoms with Crippen molar-refractivity contribution in [2.75, 3.05) is 19.7 Å². The third kappa shape index (κ3) is 5.66. The molecule has 11 heteroatoms. The van der Waals surface area contributed by atoms with Gasteiger partial charge in [0, 0.05) is 19.6 Å². The van der Waals surface area contributed by atoms with E-state index in [-0.39, 0.29) is 43.5 Å². The molecule has 0 radical (unpaired) electrons. The fourth-order valence-corrected chi connectivity index (χ4v) is 8.60. The maximum atomic E-state index is 15.1. The van der Waals surface area contributed by atoms with E-state index < -0.39 is 35.1 Å². The Hall–Kier alpha value is -4.35. The van der Waals surface area contributed by atoms with Crippen LogP contribution >= 0.6 is 0 Å². The van der Waals surface area contributed by atoms with Gasteiger partial charge in [0.15, 0.2) is 0 Å². The zero-order chi connectivity index (χ0) is 34.9. The Morgan fingerprint density at radius 2 is 1.73 bits per heavy atom. The van der Waals surface area contributed by atoms with Crippen molar-refractivity contribution < 1.29 is 24.2 Å². The fraction of sp³-hybridized carbons (Fsp3) is 0.500. The van der Waals surface area contributed by atoms with Gasteiger partial charge in [-0.25, -0.2) is 4.68 Å². The van der Waals surface area contributed by atoms with Gasteiger partial charge in [-0.1, -0.05) is 87.0 Å². The number of carbonyl (C=O) groups is 3. The van der Waals surface area contributed by atoms with Gasteiger partial charge in [0.1, 0.15) is 23.8 Å². The first-order valence-electron chi connectivity index (χ1n) is 17.4. The molecule has 3 amide bonds. The van der Waals surface area contributed by atoms with Crippen LogP contribution < -0.4 is 0 Å². The van der Waals surface area contributed by atoms with Crippen LogP contribution in [-0.2, 0) is 32.3 Å². The minimum Gasteiger partial charge on any atom is -0.394 e. The summed E-state index contributed by atoms with van der Waals surface area (Å²) in [5.41, 5.74) is 0.274. The Balaban J connectivity index is 1.44. The molecule has 0 saturated carbocycles. The molecule has 49 heavy (non-hydrogen) atoms. The van der Waals surface area contributed by atoms with E-state index in [9.17, 15) is 9.90 Å². The summed E-state index contributed by atoms with van der Waals surface area (Å²) in [5.74, 6) is -2.63. The molecule has 3 fully saturated rings. The number of para-hydroxylation sites is 1. The average molecular weight is 669 g/mol. The van der Waals surface area contributed by atoms with Gasteiger partial charge in [0.2, 0.25) is 17.7 Å². The molecule has 1 spiro atoms. The lowest BCUT2D eigenvalue weighted by Crippen LogP contribution is -2.60. The lowest BCUT2D eigenvalue weighted by Gasteiger charge is -2.41. The number of amides is 3. The number of nitrogens with zero attached hydrogens (tertiary/aromatic N) is 6. The molecule has 1 aromatic heterocycles. The van der Waals surface area contributed by atoms with Crippen molar-refractivity contribution in [2.24, 2.45) is 17.8 Å². The molecular formula is C38H48N6O5. The number of hydrogen-bond acceptors (Lipinski definition) is 7. The average Bonchev–Trinajstić information content (AvgIpc) is 3.85. The largest absolute Gasteiger partial charge is 0.394 e. The highest BCUT2D eigenvalue weighted by atomic mass is 16.5. The number of aromatic nitrogens is 3. The number of ether oxygens (including phenoxy) is 1. The predicted molar refractivity (Wildman–Crippen MR) is 186 cm³/mol. The standard InChI is InChI=1S/C38H48N6O5/c1-6-21-41(23-27-15-11-10-12-16-27)34(46)31-32-35(47)44(30(24-45)26(5)8-3)33(38(32)20-19-37(31,9-4)49-38)36(48)42(22-7-2)25-43-29-18-14-13-17-28(29)39-40-43/h6-7,10-18,26,30-33,45H,1-2,8-9,19-25H2,3-5H3/t26-,30-,31-,32-,33?,37+,38?/m0/s1. The number of carbonyl (C=O) groups excluding carboxylic acids is 3. The molecule has 2 unspecified atom stereocenters. The van der Waals surface area contributed by atoms with Crippen LogP contribution in [0.2, 0.25) is 0 Å². The summed E-state index contributed by atoms with van der Waals surface area (Å²) < 4.78 is 8.75. The van der Waals surface area contributed by atoms with Crippen LogP contribution in [0.5, 0.6) is 0 Å². The first-order chi connectivity index (χ1) is 23.7. The first-order valence-corrected chi connectivity index (χ1v) is 17.4. The monoisotopic (exact) mass is 668 g/mol. The summed E-state index contributed by atoms with van der Waals surface area (Å²) >= 11 is 0. The predicted octanol–water partition coefficient (Wildman–Crippen LogP) is 4.18. The Morgan fingerprint density at radius 3 is 2.41 bits per heavy atom. The van der Waals surface area contributed by atoms with Crippen molar-refractivity contribution in [3.8, 4) is 0 Å². The molecule has 11 nitrogen and oxygen atoms in total. The molecule has 2 bridgehead atoms. The van der Waals surface area contributed by atoms with Gasteiger partial charge in [0.05, 0.1) is 35.6 Å². The summed E-state index contributed by atoms with van der Waals surface area (Å²) in [5, 5.41) is 19.4. The number of aliphatic hydroxyl groups excluding tert-OH is 1. The molecule has 2 aromatic carbocycles. The smallest absolute Gasteiger partial charge is 0.250 e. The quantitative estimate of drug-likeness (QED) is 0.241. The summed E-state index contributed by atoms with van der Waals surface area (Å²) in [6.45, 7) is 14.4. The normalized spacial score (nSPS) is 26.8. The highest BCUT2D eigenvalue weighted by Gasteiger charge is 2.79. The SMILES string of the molecule is C=CCN(Cn1nnc2ccccc21)C(=O)C1N([C@@H](CO)[C@@H](C)CC)C(=O)[C@@H]2[C@@H](C(=O)N(CC=C)Cc3ccccc3)[C@@]3(CC)CCC12O3. The molecule has 4 heterocycles. The molecular weight excluding hydrogens is 620 g/mol. The number of benzene rings is 2. The second-order valence-corrected chi connectivity index (χ2v) is 13.8. The molecule has 3 saturated heterocycles. The van der Waals surface area contributed by atoms with Crippen molar-refractivity contribution in [3.05, 3.63) is 85.5 Å². The van der Waals surface area contributed by atoms with Crippen LogP contribution in [0, 0.1) is 17.8 Å². The molecule has 6 rings (SSSR count). The summed E-state index contributed by atoms with van der Waals surface area (Å²) in [6.07, 6.45) is 5.53. The van der Waals surface area contributed by atoms with E-state index in [0.29, 0.717) is 44.3 Å². The zero-order valence-electron chi connectivity index (χ0n) is 28.8. The minimum absolute atomic E-state index is 0.0727. The molecule has 3 aliphatic heterocycles. The van der Waals surface area contributed by atoms with Crippen molar-refractivity contribution in [1.29, 1.82) is 0 Å². The Morgan fingerprint density at radius 1 is 1.04 bits per heavy atom. The lowest BCUT2D eigenvalue weighted by molar-refractivity contribution is -0.160. The van der Waals surface area contributed by atoms with Crippen molar-refractivity contribution in [1.82, 2.24) is 29.7 Å². The van der Waals surface area contributed by atoms with Crippen molar-refractivity contribution >= 4 is 28.8 Å². The van der Waals surface area contributed by atoms with Gasteiger partial charge in [-0.3, -0.25) is 14.4 Å². The van der Waals surface area contributed by atoms with Crippen LogP contribution in [0.1, 0.15) is 52.0 Å². The van der Waals surface area contributed by atoms with E-state index in [2.05, 4.69) is 23.5 Å². The van der Waals surface area contributed by atoms with Crippen LogP contribution in [0.4, 0.5) is 0 Å². The van der Waals surface area contributed by atoms with Crippen LogP contribution in [0.15, 0.2) is 79.9 Å². The van der Waals surface area contributed by atoms with Gasteiger partial charge >= 0.3 is 0 Å². The number of aliphatic hydroxyl groups is 1. The summed E-state index contributed by atoms with van der Waals surface area (Å²) in [7, 11) is 0. The number of hydrogen-bond donors (Lipinski definition) is 1. The van der Waals surface area contributed by atoms with Crippen LogP contribution in [0.25, 0.3) is 11.0 Å². The van der Waals surface area contributed by atoms with E-state index in [0.717, 1.165) is 11.1 Å². The second kappa shape index (κ2) is 13.9. The fourth-order valence-electron chi connectivity index (χ4n) is 8.60. The first kappa shape index (κ1) is 34.5. The van der Waals surface area contributed by atoms with Crippen LogP contribution in [-0.4, -0.2) is 95.5 Å². The topological polar surface area (TPSA) is 121 Å². The molecule has 1 N–H and O–H groups in total. The maximum absolute atomic E-state index is 15.1.